The summed E-state index contributed by atoms with van der Waals surface area (Å²) in [5.41, 5.74) is 1.03. The van der Waals surface area contributed by atoms with Gasteiger partial charge in [0.1, 0.15) is 9.96 Å². The first-order chi connectivity index (χ1) is 13.5. The van der Waals surface area contributed by atoms with Gasteiger partial charge in [-0.1, -0.05) is 30.7 Å². The number of rotatable bonds is 8. The Morgan fingerprint density at radius 1 is 1.25 bits per heavy atom. The number of nitrogens with zero attached hydrogens (tertiary/aromatic N) is 1. The normalized spacial score (nSPS) is 18.0. The Labute approximate surface area is 170 Å². The first kappa shape index (κ1) is 20.8. The Kier molecular flexibility index (Phi) is 7.09. The predicted octanol–water partition coefficient (Wildman–Crippen LogP) is 3.05. The van der Waals surface area contributed by atoms with Crippen molar-refractivity contribution < 1.29 is 17.9 Å². The lowest BCUT2D eigenvalue weighted by molar-refractivity contribution is -0.122. The second-order valence-corrected chi connectivity index (χ2v) is 9.88. The molecule has 1 aromatic carbocycles. The molecule has 0 aliphatic carbocycles. The molecule has 0 bridgehead atoms. The third-order valence-electron chi connectivity index (χ3n) is 4.96. The molecule has 6 nitrogen and oxygen atoms in total. The molecular weight excluding hydrogens is 396 g/mol. The summed E-state index contributed by atoms with van der Waals surface area (Å²) in [6.07, 6.45) is 3.34. The van der Waals surface area contributed by atoms with E-state index >= 15 is 0 Å². The Morgan fingerprint density at radius 3 is 2.82 bits per heavy atom. The molecule has 1 aromatic heterocycles. The van der Waals surface area contributed by atoms with Crippen molar-refractivity contribution >= 4 is 27.3 Å². The zero-order chi connectivity index (χ0) is 20.0. The molecule has 1 aliphatic heterocycles. The van der Waals surface area contributed by atoms with E-state index in [9.17, 15) is 13.2 Å². The number of amides is 1. The number of piperidine rings is 1. The Morgan fingerprint density at radius 2 is 2.07 bits per heavy atom. The first-order valence-corrected chi connectivity index (χ1v) is 11.8. The molecular formula is C20H26N2O4S2. The van der Waals surface area contributed by atoms with Gasteiger partial charge in [-0.25, -0.2) is 8.42 Å². The number of hydrogen-bond acceptors (Lipinski definition) is 5. The minimum Gasteiger partial charge on any atom is -0.496 e. The van der Waals surface area contributed by atoms with Crippen LogP contribution in [-0.4, -0.2) is 44.9 Å². The van der Waals surface area contributed by atoms with E-state index < -0.39 is 10.0 Å². The van der Waals surface area contributed by atoms with Gasteiger partial charge in [0.05, 0.1) is 7.11 Å². The van der Waals surface area contributed by atoms with Crippen LogP contribution < -0.4 is 10.1 Å². The highest BCUT2D eigenvalue weighted by Crippen LogP contribution is 2.29. The fourth-order valence-electron chi connectivity index (χ4n) is 3.55. The van der Waals surface area contributed by atoms with Gasteiger partial charge in [0.15, 0.2) is 0 Å². The number of para-hydroxylation sites is 1. The van der Waals surface area contributed by atoms with Crippen LogP contribution in [0.3, 0.4) is 0 Å². The van der Waals surface area contributed by atoms with Gasteiger partial charge in [-0.15, -0.1) is 11.3 Å². The summed E-state index contributed by atoms with van der Waals surface area (Å²) in [6, 6.07) is 10.8. The molecule has 1 atom stereocenters. The van der Waals surface area contributed by atoms with Crippen molar-refractivity contribution in [1.29, 1.82) is 0 Å². The quantitative estimate of drug-likeness (QED) is 0.709. The van der Waals surface area contributed by atoms with Crippen molar-refractivity contribution in [2.75, 3.05) is 20.2 Å². The standard InChI is InChI=1S/C20H26N2O4S2/c1-26-18-9-3-2-7-16(18)11-12-21-19(23)15-17-8-4-5-13-22(17)28(24,25)20-10-6-14-27-20/h2-3,6-7,9-10,14,17H,4-5,8,11-13,15H2,1H3,(H,21,23)/t17-/m1/s1. The average Bonchev–Trinajstić information content (AvgIpc) is 3.24. The topological polar surface area (TPSA) is 75.7 Å². The molecule has 2 heterocycles. The predicted molar refractivity (Wildman–Crippen MR) is 110 cm³/mol. The van der Waals surface area contributed by atoms with Crippen molar-refractivity contribution in [1.82, 2.24) is 9.62 Å². The van der Waals surface area contributed by atoms with Gasteiger partial charge in [-0.3, -0.25) is 4.79 Å². The minimum absolute atomic E-state index is 0.117. The van der Waals surface area contributed by atoms with Gasteiger partial charge in [0.2, 0.25) is 5.91 Å². The van der Waals surface area contributed by atoms with E-state index in [-0.39, 0.29) is 18.4 Å². The summed E-state index contributed by atoms with van der Waals surface area (Å²) < 4.78 is 33.0. The molecule has 8 heteroatoms. The number of nitrogens with one attached hydrogen (secondary N) is 1. The van der Waals surface area contributed by atoms with Crippen LogP contribution in [0.4, 0.5) is 0 Å². The van der Waals surface area contributed by atoms with E-state index in [2.05, 4.69) is 5.32 Å². The molecule has 28 heavy (non-hydrogen) atoms. The number of carbonyl (C=O) groups excluding carboxylic acids is 1. The maximum Gasteiger partial charge on any atom is 0.252 e. The molecule has 1 N–H and O–H groups in total. The van der Waals surface area contributed by atoms with Crippen LogP contribution >= 0.6 is 11.3 Å². The van der Waals surface area contributed by atoms with Crippen LogP contribution in [0.15, 0.2) is 46.0 Å². The molecule has 0 saturated carbocycles. The number of sulfonamides is 1. The molecule has 1 saturated heterocycles. The number of methoxy groups -OCH3 is 1. The number of ether oxygens (including phenoxy) is 1. The molecule has 0 unspecified atom stereocenters. The zero-order valence-electron chi connectivity index (χ0n) is 16.0. The number of carbonyl (C=O) groups is 1. The monoisotopic (exact) mass is 422 g/mol. The zero-order valence-corrected chi connectivity index (χ0v) is 17.6. The van der Waals surface area contributed by atoms with E-state index in [1.165, 1.54) is 15.6 Å². The van der Waals surface area contributed by atoms with Gasteiger partial charge in [-0.05, 0) is 42.3 Å². The molecule has 152 valence electrons. The molecule has 1 fully saturated rings. The highest BCUT2D eigenvalue weighted by atomic mass is 32.2. The van der Waals surface area contributed by atoms with Crippen LogP contribution in [-0.2, 0) is 21.2 Å². The summed E-state index contributed by atoms with van der Waals surface area (Å²) in [5.74, 6) is 0.686. The lowest BCUT2D eigenvalue weighted by Gasteiger charge is -2.34. The molecule has 0 spiro atoms. The van der Waals surface area contributed by atoms with E-state index in [0.717, 1.165) is 24.2 Å². The van der Waals surface area contributed by atoms with Gasteiger partial charge in [-0.2, -0.15) is 4.31 Å². The van der Waals surface area contributed by atoms with Gasteiger partial charge in [0, 0.05) is 25.6 Å². The van der Waals surface area contributed by atoms with Gasteiger partial charge in [0.25, 0.3) is 10.0 Å². The van der Waals surface area contributed by atoms with E-state index in [1.54, 1.807) is 24.6 Å². The summed E-state index contributed by atoms with van der Waals surface area (Å²) in [7, 11) is -1.90. The Balaban J connectivity index is 1.57. The Hall–Kier alpha value is -1.90. The van der Waals surface area contributed by atoms with E-state index in [0.29, 0.717) is 30.1 Å². The third-order valence-corrected chi connectivity index (χ3v) is 8.29. The second kappa shape index (κ2) is 9.54. The maximum atomic E-state index is 12.9. The maximum absolute atomic E-state index is 12.9. The Bertz CT molecular complexity index is 881. The highest BCUT2D eigenvalue weighted by Gasteiger charge is 2.35. The minimum atomic E-state index is -3.53. The van der Waals surface area contributed by atoms with E-state index in [1.807, 2.05) is 24.3 Å². The smallest absolute Gasteiger partial charge is 0.252 e. The van der Waals surface area contributed by atoms with Gasteiger partial charge < -0.3 is 10.1 Å². The second-order valence-electron chi connectivity index (χ2n) is 6.81. The van der Waals surface area contributed by atoms with Crippen molar-refractivity contribution in [2.24, 2.45) is 0 Å². The molecule has 3 rings (SSSR count). The van der Waals surface area contributed by atoms with Crippen LogP contribution in [0.5, 0.6) is 5.75 Å². The number of thiophene rings is 1. The number of benzene rings is 1. The summed E-state index contributed by atoms with van der Waals surface area (Å²) in [4.78, 5) is 12.5. The van der Waals surface area contributed by atoms with Crippen molar-refractivity contribution in [3.63, 3.8) is 0 Å². The van der Waals surface area contributed by atoms with Crippen LogP contribution in [0.25, 0.3) is 0 Å². The van der Waals surface area contributed by atoms with Crippen LogP contribution in [0.1, 0.15) is 31.2 Å². The summed E-state index contributed by atoms with van der Waals surface area (Å²) >= 11 is 1.22. The summed E-state index contributed by atoms with van der Waals surface area (Å²) in [5, 5.41) is 4.68. The molecule has 2 aromatic rings. The lowest BCUT2D eigenvalue weighted by Crippen LogP contribution is -2.45. The SMILES string of the molecule is COc1ccccc1CCNC(=O)C[C@H]1CCCCN1S(=O)(=O)c1cccs1. The summed E-state index contributed by atoms with van der Waals surface area (Å²) in [6.45, 7) is 0.961. The van der Waals surface area contributed by atoms with E-state index in [4.69, 9.17) is 4.74 Å². The number of hydrogen-bond donors (Lipinski definition) is 1. The fourth-order valence-corrected chi connectivity index (χ4v) is 6.36. The van der Waals surface area contributed by atoms with Crippen molar-refractivity contribution in [3.8, 4) is 5.75 Å². The average molecular weight is 423 g/mol. The largest absolute Gasteiger partial charge is 0.496 e. The van der Waals surface area contributed by atoms with Crippen LogP contribution in [0.2, 0.25) is 0 Å². The van der Waals surface area contributed by atoms with Crippen LogP contribution in [0, 0.1) is 0 Å². The molecule has 1 aliphatic rings. The van der Waals surface area contributed by atoms with Crippen molar-refractivity contribution in [3.05, 3.63) is 47.3 Å². The molecule has 0 radical (unpaired) electrons. The fraction of sp³-hybridized carbons (Fsp3) is 0.450. The van der Waals surface area contributed by atoms with Crippen molar-refractivity contribution in [2.45, 2.75) is 42.4 Å². The molecule has 1 amide bonds. The van der Waals surface area contributed by atoms with Gasteiger partial charge >= 0.3 is 0 Å². The third kappa shape index (κ3) is 4.92. The first-order valence-electron chi connectivity index (χ1n) is 9.46. The lowest BCUT2D eigenvalue weighted by atomic mass is 10.0. The highest BCUT2D eigenvalue weighted by molar-refractivity contribution is 7.91.